The van der Waals surface area contributed by atoms with Gasteiger partial charge in [-0.25, -0.2) is 13.6 Å². The van der Waals surface area contributed by atoms with Crippen LogP contribution in [-0.2, 0) is 4.79 Å². The highest BCUT2D eigenvalue weighted by Crippen LogP contribution is 2.26. The Morgan fingerprint density at radius 1 is 1.35 bits per heavy atom. The molecular weight excluding hydrogens is 294 g/mol. The van der Waals surface area contributed by atoms with E-state index in [1.165, 1.54) is 13.8 Å². The number of halogens is 3. The van der Waals surface area contributed by atoms with E-state index in [1.54, 1.807) is 0 Å². The highest BCUT2D eigenvalue weighted by molar-refractivity contribution is 6.33. The maximum atomic E-state index is 13.5. The molecule has 1 aromatic rings. The molecule has 3 N–H and O–H groups in total. The number of amides is 2. The van der Waals surface area contributed by atoms with Crippen LogP contribution in [-0.4, -0.2) is 22.6 Å². The van der Waals surface area contributed by atoms with E-state index in [4.69, 9.17) is 16.7 Å². The largest absolute Gasteiger partial charge is 0.481 e. The van der Waals surface area contributed by atoms with E-state index >= 15 is 0 Å². The number of hydrogen-bond donors (Lipinski definition) is 3. The molecule has 0 aromatic heterocycles. The van der Waals surface area contributed by atoms with Gasteiger partial charge in [0, 0.05) is 11.6 Å². The molecule has 0 atom stereocenters. The summed E-state index contributed by atoms with van der Waals surface area (Å²) in [5.41, 5.74) is -1.42. The molecule has 0 unspecified atom stereocenters. The summed E-state index contributed by atoms with van der Waals surface area (Å²) in [6, 6.07) is 0.579. The van der Waals surface area contributed by atoms with E-state index in [0.29, 0.717) is 6.07 Å². The lowest BCUT2D eigenvalue weighted by Crippen LogP contribution is -2.47. The van der Waals surface area contributed by atoms with Gasteiger partial charge in [-0.2, -0.15) is 0 Å². The first-order valence-corrected chi connectivity index (χ1v) is 5.94. The molecule has 2 amide bonds. The average Bonchev–Trinajstić information content (AvgIpc) is 2.20. The van der Waals surface area contributed by atoms with Gasteiger partial charge in [0.1, 0.15) is 5.82 Å². The first kappa shape index (κ1) is 16.2. The fourth-order valence-electron chi connectivity index (χ4n) is 1.54. The Hall–Kier alpha value is -1.89. The van der Waals surface area contributed by atoms with Crippen molar-refractivity contribution in [3.8, 4) is 0 Å². The van der Waals surface area contributed by atoms with E-state index in [1.807, 2.05) is 0 Å². The van der Waals surface area contributed by atoms with Gasteiger partial charge in [-0.15, -0.1) is 0 Å². The topological polar surface area (TPSA) is 78.4 Å². The normalized spacial score (nSPS) is 11.1. The molecule has 5 nitrogen and oxygen atoms in total. The summed E-state index contributed by atoms with van der Waals surface area (Å²) in [5.74, 6) is -2.99. The Morgan fingerprint density at radius 3 is 2.45 bits per heavy atom. The van der Waals surface area contributed by atoms with Crippen molar-refractivity contribution < 1.29 is 23.5 Å². The molecule has 0 radical (unpaired) electrons. The predicted octanol–water partition coefficient (Wildman–Crippen LogP) is 2.99. The van der Waals surface area contributed by atoms with Crippen molar-refractivity contribution in [1.82, 2.24) is 5.32 Å². The van der Waals surface area contributed by atoms with Crippen LogP contribution in [0.1, 0.15) is 20.3 Å². The standard InChI is InChI=1S/C12H13ClF2N2O3/c1-12(2,5-9(18)19)17-11(20)16-10-7(13)3-6(14)4-8(10)15/h3-4H,5H2,1-2H3,(H,18,19)(H2,16,17,20). The van der Waals surface area contributed by atoms with Gasteiger partial charge in [0.25, 0.3) is 0 Å². The van der Waals surface area contributed by atoms with Crippen molar-refractivity contribution >= 4 is 29.3 Å². The van der Waals surface area contributed by atoms with Crippen LogP contribution in [0.2, 0.25) is 5.02 Å². The van der Waals surface area contributed by atoms with E-state index in [2.05, 4.69) is 10.6 Å². The summed E-state index contributed by atoms with van der Waals surface area (Å²) in [7, 11) is 0. The summed E-state index contributed by atoms with van der Waals surface area (Å²) in [6.45, 7) is 2.98. The molecule has 20 heavy (non-hydrogen) atoms. The van der Waals surface area contributed by atoms with Gasteiger partial charge in [0.2, 0.25) is 0 Å². The predicted molar refractivity (Wildman–Crippen MR) is 69.9 cm³/mol. The second-order valence-electron chi connectivity index (χ2n) is 4.78. The Balaban J connectivity index is 2.79. The smallest absolute Gasteiger partial charge is 0.319 e. The van der Waals surface area contributed by atoms with Gasteiger partial charge in [-0.05, 0) is 19.9 Å². The Labute approximate surface area is 118 Å². The second-order valence-corrected chi connectivity index (χ2v) is 5.19. The number of carbonyl (C=O) groups excluding carboxylic acids is 1. The van der Waals surface area contributed by atoms with Gasteiger partial charge < -0.3 is 15.7 Å². The van der Waals surface area contributed by atoms with Gasteiger partial charge in [0.05, 0.1) is 17.1 Å². The third kappa shape index (κ3) is 4.65. The minimum absolute atomic E-state index is 0.298. The molecule has 0 heterocycles. The third-order valence-corrected chi connectivity index (χ3v) is 2.59. The molecule has 0 saturated heterocycles. The van der Waals surface area contributed by atoms with Crippen molar-refractivity contribution in [1.29, 1.82) is 0 Å². The molecule has 0 fully saturated rings. The Bertz CT molecular complexity index is 526. The first-order valence-electron chi connectivity index (χ1n) is 5.56. The minimum Gasteiger partial charge on any atom is -0.481 e. The van der Waals surface area contributed by atoms with Crippen molar-refractivity contribution in [2.45, 2.75) is 25.8 Å². The van der Waals surface area contributed by atoms with Gasteiger partial charge in [0.15, 0.2) is 5.82 Å². The van der Waals surface area contributed by atoms with Crippen molar-refractivity contribution in [2.24, 2.45) is 0 Å². The Kier molecular flexibility index (Phi) is 4.88. The number of carboxylic acids is 1. The van der Waals surface area contributed by atoms with Crippen molar-refractivity contribution in [3.05, 3.63) is 28.8 Å². The molecule has 0 aliphatic heterocycles. The average molecular weight is 307 g/mol. The van der Waals surface area contributed by atoms with Gasteiger partial charge in [-0.1, -0.05) is 11.6 Å². The van der Waals surface area contributed by atoms with Gasteiger partial charge in [-0.3, -0.25) is 4.79 Å². The van der Waals surface area contributed by atoms with Crippen LogP contribution < -0.4 is 10.6 Å². The fraction of sp³-hybridized carbons (Fsp3) is 0.333. The molecule has 110 valence electrons. The number of carboxylic acid groups (broad SMARTS) is 1. The van der Waals surface area contributed by atoms with E-state index in [-0.39, 0.29) is 17.1 Å². The maximum Gasteiger partial charge on any atom is 0.319 e. The van der Waals surface area contributed by atoms with Crippen molar-refractivity contribution in [3.63, 3.8) is 0 Å². The number of urea groups is 1. The first-order chi connectivity index (χ1) is 9.10. The summed E-state index contributed by atoms with van der Waals surface area (Å²) >= 11 is 5.62. The van der Waals surface area contributed by atoms with Crippen LogP contribution in [0.15, 0.2) is 12.1 Å². The minimum atomic E-state index is -1.10. The molecule has 1 rings (SSSR count). The van der Waals surface area contributed by atoms with E-state index in [0.717, 1.165) is 6.07 Å². The highest BCUT2D eigenvalue weighted by Gasteiger charge is 2.24. The molecule has 0 aliphatic rings. The number of hydrogen-bond acceptors (Lipinski definition) is 2. The fourth-order valence-corrected chi connectivity index (χ4v) is 1.78. The quantitative estimate of drug-likeness (QED) is 0.800. The van der Waals surface area contributed by atoms with E-state index < -0.39 is 29.2 Å². The summed E-state index contributed by atoms with van der Waals surface area (Å²) < 4.78 is 26.3. The lowest BCUT2D eigenvalue weighted by atomic mass is 10.0. The summed E-state index contributed by atoms with van der Waals surface area (Å²) in [4.78, 5) is 22.3. The zero-order valence-electron chi connectivity index (χ0n) is 10.8. The molecule has 0 bridgehead atoms. The van der Waals surface area contributed by atoms with Crippen LogP contribution in [0.3, 0.4) is 0 Å². The number of anilines is 1. The van der Waals surface area contributed by atoms with Gasteiger partial charge >= 0.3 is 12.0 Å². The summed E-state index contributed by atoms with van der Waals surface area (Å²) in [6.07, 6.45) is -0.319. The second kappa shape index (κ2) is 6.04. The van der Waals surface area contributed by atoms with E-state index in [9.17, 15) is 18.4 Å². The SMILES string of the molecule is CC(C)(CC(=O)O)NC(=O)Nc1c(F)cc(F)cc1Cl. The lowest BCUT2D eigenvalue weighted by Gasteiger charge is -2.24. The van der Waals surface area contributed by atoms with Crippen LogP contribution in [0.4, 0.5) is 19.3 Å². The number of aliphatic carboxylic acids is 1. The molecule has 0 spiro atoms. The molecule has 0 aliphatic carbocycles. The van der Waals surface area contributed by atoms with Crippen molar-refractivity contribution in [2.75, 3.05) is 5.32 Å². The zero-order chi connectivity index (χ0) is 15.5. The van der Waals surface area contributed by atoms with Crippen LogP contribution >= 0.6 is 11.6 Å². The third-order valence-electron chi connectivity index (χ3n) is 2.29. The lowest BCUT2D eigenvalue weighted by molar-refractivity contribution is -0.138. The number of benzene rings is 1. The highest BCUT2D eigenvalue weighted by atomic mass is 35.5. The van der Waals surface area contributed by atoms with Crippen LogP contribution in [0.25, 0.3) is 0 Å². The monoisotopic (exact) mass is 306 g/mol. The molecule has 0 saturated carbocycles. The Morgan fingerprint density at radius 2 is 1.95 bits per heavy atom. The molecular formula is C12H13ClF2N2O3. The van der Waals surface area contributed by atoms with Crippen LogP contribution in [0.5, 0.6) is 0 Å². The number of carbonyl (C=O) groups is 2. The maximum absolute atomic E-state index is 13.5. The van der Waals surface area contributed by atoms with Crippen LogP contribution in [0, 0.1) is 11.6 Å². The molecule has 8 heteroatoms. The molecule has 1 aromatic carbocycles. The number of rotatable bonds is 4. The zero-order valence-corrected chi connectivity index (χ0v) is 11.5. The number of nitrogens with one attached hydrogen (secondary N) is 2. The summed E-state index contributed by atoms with van der Waals surface area (Å²) in [5, 5.41) is 12.9.